The number of aryl methyl sites for hydroxylation is 2. The normalized spacial score (nSPS) is 12.8. The fourth-order valence-corrected chi connectivity index (χ4v) is 4.42. The van der Waals surface area contributed by atoms with Crippen molar-refractivity contribution < 1.29 is 22.7 Å². The number of nitrogens with one attached hydrogen (secondary N) is 1. The number of Topliss-reactive ketones (excluding diaryl/α,β-unsaturated/α-hetero) is 1. The summed E-state index contributed by atoms with van der Waals surface area (Å²) in [6, 6.07) is 8.71. The number of benzene rings is 1. The number of thiophene rings is 1. The summed E-state index contributed by atoms with van der Waals surface area (Å²) in [5.41, 5.74) is 0.927. The van der Waals surface area contributed by atoms with Crippen LogP contribution in [0.2, 0.25) is 0 Å². The quantitative estimate of drug-likeness (QED) is 0.534. The fourth-order valence-electron chi connectivity index (χ4n) is 2.29. The molecule has 0 aliphatic carbocycles. The largest absolute Gasteiger partial charge is 0.456 e. The van der Waals surface area contributed by atoms with Crippen molar-refractivity contribution in [3.63, 3.8) is 0 Å². The van der Waals surface area contributed by atoms with Crippen LogP contribution in [0, 0.1) is 19.8 Å². The summed E-state index contributed by atoms with van der Waals surface area (Å²) >= 11 is 1.32. The van der Waals surface area contributed by atoms with E-state index < -0.39 is 28.6 Å². The van der Waals surface area contributed by atoms with E-state index in [1.165, 1.54) is 23.5 Å². The molecule has 1 atom stereocenters. The molecular weight excluding hydrogens is 386 g/mol. The van der Waals surface area contributed by atoms with Gasteiger partial charge in [0, 0.05) is 4.88 Å². The van der Waals surface area contributed by atoms with Crippen molar-refractivity contribution in [1.29, 1.82) is 0 Å². The minimum absolute atomic E-state index is 0.0664. The minimum atomic E-state index is -3.89. The molecule has 1 aromatic heterocycles. The maximum Gasteiger partial charge on any atom is 0.324 e. The van der Waals surface area contributed by atoms with Gasteiger partial charge in [-0.1, -0.05) is 31.5 Å². The van der Waals surface area contributed by atoms with E-state index in [1.54, 1.807) is 32.0 Å². The van der Waals surface area contributed by atoms with Gasteiger partial charge in [-0.3, -0.25) is 9.59 Å². The molecular formula is C19H23NO5S2. The van der Waals surface area contributed by atoms with Gasteiger partial charge in [0.2, 0.25) is 15.8 Å². The van der Waals surface area contributed by atoms with E-state index in [9.17, 15) is 18.0 Å². The molecule has 0 aliphatic rings. The third-order valence-corrected chi connectivity index (χ3v) is 6.39. The van der Waals surface area contributed by atoms with Crippen molar-refractivity contribution in [3.05, 3.63) is 51.7 Å². The maximum atomic E-state index is 12.5. The van der Waals surface area contributed by atoms with Gasteiger partial charge in [-0.05, 0) is 44.0 Å². The van der Waals surface area contributed by atoms with E-state index in [4.69, 9.17) is 4.74 Å². The lowest BCUT2D eigenvalue weighted by Gasteiger charge is -2.20. The van der Waals surface area contributed by atoms with E-state index in [0.29, 0.717) is 4.88 Å². The average Bonchev–Trinajstić information content (AvgIpc) is 3.04. The zero-order valence-corrected chi connectivity index (χ0v) is 17.3. The Morgan fingerprint density at radius 1 is 1.07 bits per heavy atom. The Labute approximate surface area is 163 Å². The van der Waals surface area contributed by atoms with Crippen LogP contribution in [0.4, 0.5) is 0 Å². The van der Waals surface area contributed by atoms with E-state index >= 15 is 0 Å². The second-order valence-electron chi connectivity index (χ2n) is 6.60. The lowest BCUT2D eigenvalue weighted by Crippen LogP contribution is -2.45. The number of sulfonamides is 1. The van der Waals surface area contributed by atoms with E-state index in [1.807, 2.05) is 19.9 Å². The van der Waals surface area contributed by atoms with E-state index in [2.05, 4.69) is 4.72 Å². The highest BCUT2D eigenvalue weighted by Crippen LogP contribution is 2.17. The highest BCUT2D eigenvalue weighted by Gasteiger charge is 2.30. The van der Waals surface area contributed by atoms with E-state index in [-0.39, 0.29) is 16.6 Å². The fraction of sp³-hybridized carbons (Fsp3) is 0.368. The molecule has 146 valence electrons. The van der Waals surface area contributed by atoms with E-state index in [0.717, 1.165) is 10.4 Å². The van der Waals surface area contributed by atoms with Gasteiger partial charge in [-0.2, -0.15) is 4.72 Å². The standard InChI is InChI=1S/C19H23NO5S2/c1-12(2)18(20-27(23,24)15-8-5-13(3)6-9-15)19(22)25-11-16(21)17-10-7-14(4)26-17/h5-10,12,18,20H,11H2,1-4H3/t18-/m0/s1. The number of ether oxygens (including phenoxy) is 1. The first-order valence-corrected chi connectivity index (χ1v) is 10.8. The first kappa shape index (κ1) is 21.3. The first-order chi connectivity index (χ1) is 12.6. The van der Waals surface area contributed by atoms with Crippen LogP contribution in [0.3, 0.4) is 0 Å². The van der Waals surface area contributed by atoms with Crippen LogP contribution in [0.5, 0.6) is 0 Å². The third-order valence-electron chi connectivity index (χ3n) is 3.89. The second kappa shape index (κ2) is 8.77. The lowest BCUT2D eigenvalue weighted by atomic mass is 10.1. The number of hydrogen-bond acceptors (Lipinski definition) is 6. The first-order valence-electron chi connectivity index (χ1n) is 8.45. The summed E-state index contributed by atoms with van der Waals surface area (Å²) in [6.07, 6.45) is 0. The van der Waals surface area contributed by atoms with Crippen LogP contribution in [0.1, 0.15) is 34.0 Å². The molecule has 0 saturated carbocycles. The van der Waals surface area contributed by atoms with Gasteiger partial charge in [0.05, 0.1) is 9.77 Å². The van der Waals surface area contributed by atoms with Crippen molar-refractivity contribution in [1.82, 2.24) is 4.72 Å². The van der Waals surface area contributed by atoms with Gasteiger partial charge in [-0.15, -0.1) is 11.3 Å². The topological polar surface area (TPSA) is 89.5 Å². The molecule has 0 unspecified atom stereocenters. The van der Waals surface area contributed by atoms with Gasteiger partial charge in [0.15, 0.2) is 6.61 Å². The smallest absolute Gasteiger partial charge is 0.324 e. The second-order valence-corrected chi connectivity index (χ2v) is 9.60. The van der Waals surface area contributed by atoms with Crippen molar-refractivity contribution >= 4 is 33.1 Å². The Bertz CT molecular complexity index is 914. The van der Waals surface area contributed by atoms with Crippen LogP contribution < -0.4 is 4.72 Å². The molecule has 6 nitrogen and oxygen atoms in total. The molecule has 27 heavy (non-hydrogen) atoms. The summed E-state index contributed by atoms with van der Waals surface area (Å²) in [5.74, 6) is -1.44. The van der Waals surface area contributed by atoms with Crippen LogP contribution >= 0.6 is 11.3 Å². The molecule has 1 heterocycles. The molecule has 0 radical (unpaired) electrons. The number of carbonyl (C=O) groups is 2. The maximum absolute atomic E-state index is 12.5. The molecule has 1 aromatic carbocycles. The molecule has 0 fully saturated rings. The molecule has 0 amide bonds. The molecule has 8 heteroatoms. The summed E-state index contributed by atoms with van der Waals surface area (Å²) in [4.78, 5) is 26.0. The highest BCUT2D eigenvalue weighted by molar-refractivity contribution is 7.89. The third kappa shape index (κ3) is 5.72. The number of rotatable bonds is 8. The molecule has 0 saturated heterocycles. The zero-order valence-electron chi connectivity index (χ0n) is 15.7. The van der Waals surface area contributed by atoms with Gasteiger partial charge in [0.25, 0.3) is 0 Å². The number of ketones is 1. The van der Waals surface area contributed by atoms with Crippen molar-refractivity contribution in [3.8, 4) is 0 Å². The van der Waals surface area contributed by atoms with Crippen LogP contribution in [-0.4, -0.2) is 32.8 Å². The van der Waals surface area contributed by atoms with Gasteiger partial charge >= 0.3 is 5.97 Å². The summed E-state index contributed by atoms with van der Waals surface area (Å²) in [5, 5.41) is 0. The lowest BCUT2D eigenvalue weighted by molar-refractivity contribution is -0.145. The Hall–Kier alpha value is -2.03. The molecule has 0 bridgehead atoms. The van der Waals surface area contributed by atoms with Crippen molar-refractivity contribution in [2.24, 2.45) is 5.92 Å². The summed E-state index contributed by atoms with van der Waals surface area (Å²) in [7, 11) is -3.89. The Balaban J connectivity index is 2.06. The summed E-state index contributed by atoms with van der Waals surface area (Å²) < 4.78 is 32.5. The molecule has 0 spiro atoms. The minimum Gasteiger partial charge on any atom is -0.456 e. The van der Waals surface area contributed by atoms with Crippen LogP contribution in [-0.2, 0) is 19.6 Å². The average molecular weight is 410 g/mol. The van der Waals surface area contributed by atoms with Crippen LogP contribution in [0.15, 0.2) is 41.3 Å². The Kier molecular flexibility index (Phi) is 6.91. The zero-order chi connectivity index (χ0) is 20.2. The predicted octanol–water partition coefficient (Wildman–Crippen LogP) is 3.09. The summed E-state index contributed by atoms with van der Waals surface area (Å²) in [6.45, 7) is 6.71. The van der Waals surface area contributed by atoms with Gasteiger partial charge in [-0.25, -0.2) is 8.42 Å². The molecule has 2 rings (SSSR count). The number of carbonyl (C=O) groups excluding carboxylic acids is 2. The predicted molar refractivity (Wildman–Crippen MR) is 104 cm³/mol. The SMILES string of the molecule is Cc1ccc(S(=O)(=O)N[C@H](C(=O)OCC(=O)c2ccc(C)s2)C(C)C)cc1. The van der Waals surface area contributed by atoms with Gasteiger partial charge in [0.1, 0.15) is 6.04 Å². The monoisotopic (exact) mass is 409 g/mol. The number of esters is 1. The van der Waals surface area contributed by atoms with Crippen LogP contribution in [0.25, 0.3) is 0 Å². The van der Waals surface area contributed by atoms with Crippen molar-refractivity contribution in [2.45, 2.75) is 38.6 Å². The molecule has 0 aliphatic heterocycles. The van der Waals surface area contributed by atoms with Gasteiger partial charge < -0.3 is 4.74 Å². The Morgan fingerprint density at radius 3 is 2.22 bits per heavy atom. The highest BCUT2D eigenvalue weighted by atomic mass is 32.2. The van der Waals surface area contributed by atoms with Crippen molar-refractivity contribution in [2.75, 3.05) is 6.61 Å². The molecule has 1 N–H and O–H groups in total. The molecule has 2 aromatic rings. The number of hydrogen-bond donors (Lipinski definition) is 1. The Morgan fingerprint density at radius 2 is 1.70 bits per heavy atom.